The summed E-state index contributed by atoms with van der Waals surface area (Å²) >= 11 is 5.49. The maximum Gasteiger partial charge on any atom is 0.408 e. The minimum atomic E-state index is -1.07. The Balaban J connectivity index is 0.000000375. The molecule has 0 fully saturated rings. The number of unbranched alkanes of at least 4 members (excludes halogenated alkanes) is 1. The van der Waals surface area contributed by atoms with Crippen molar-refractivity contribution in [1.82, 2.24) is 5.32 Å². The first-order valence-corrected chi connectivity index (χ1v) is 9.51. The Kier molecular flexibility index (Phi) is 11.5. The molecule has 0 unspecified atom stereocenters. The van der Waals surface area contributed by atoms with Crippen LogP contribution in [0.15, 0.2) is 54.6 Å². The molecule has 30 heavy (non-hydrogen) atoms. The van der Waals surface area contributed by atoms with Crippen LogP contribution in [0.3, 0.4) is 0 Å². The van der Waals surface area contributed by atoms with Crippen molar-refractivity contribution >= 4 is 29.4 Å². The summed E-state index contributed by atoms with van der Waals surface area (Å²) in [5.74, 6) is -1.07. The van der Waals surface area contributed by atoms with Gasteiger partial charge in [0, 0.05) is 17.2 Å². The lowest BCUT2D eigenvalue weighted by Crippen LogP contribution is -2.41. The molecule has 0 aliphatic heterocycles. The molecule has 0 saturated carbocycles. The van der Waals surface area contributed by atoms with Gasteiger partial charge in [0.1, 0.15) is 12.6 Å². The zero-order valence-corrected chi connectivity index (χ0v) is 17.0. The van der Waals surface area contributed by atoms with E-state index in [1.165, 1.54) is 24.3 Å². The summed E-state index contributed by atoms with van der Waals surface area (Å²) in [6.07, 6.45) is 0.984. The first kappa shape index (κ1) is 24.9. The fourth-order valence-corrected chi connectivity index (χ4v) is 2.35. The quantitative estimate of drug-likeness (QED) is 0.307. The number of non-ortho nitro benzene ring substituents is 1. The van der Waals surface area contributed by atoms with E-state index in [2.05, 4.69) is 5.32 Å². The number of nitrogens with one attached hydrogen (secondary N) is 1. The predicted molar refractivity (Wildman–Crippen MR) is 112 cm³/mol. The number of nitro benzene ring substituents is 1. The molecule has 162 valence electrons. The molecule has 0 aliphatic rings. The molecule has 0 aromatic heterocycles. The van der Waals surface area contributed by atoms with Crippen LogP contribution in [-0.2, 0) is 16.1 Å². The Morgan fingerprint density at radius 2 is 1.77 bits per heavy atom. The Hall–Kier alpha value is -3.17. The molecule has 10 heteroatoms. The minimum Gasteiger partial charge on any atom is -0.480 e. The first-order valence-electron chi connectivity index (χ1n) is 9.13. The van der Waals surface area contributed by atoms with Crippen molar-refractivity contribution in [2.75, 3.05) is 6.54 Å². The van der Waals surface area contributed by atoms with Gasteiger partial charge in [-0.15, -0.1) is 0 Å². The zero-order chi connectivity index (χ0) is 22.4. The van der Waals surface area contributed by atoms with Crippen LogP contribution in [0.1, 0.15) is 24.8 Å². The van der Waals surface area contributed by atoms with Gasteiger partial charge in [0.05, 0.1) is 4.92 Å². The summed E-state index contributed by atoms with van der Waals surface area (Å²) in [4.78, 5) is 32.2. The number of aliphatic carboxylic acids is 1. The monoisotopic (exact) mass is 437 g/mol. The van der Waals surface area contributed by atoms with Gasteiger partial charge in [0.2, 0.25) is 0 Å². The normalized spacial score (nSPS) is 10.9. The van der Waals surface area contributed by atoms with E-state index >= 15 is 0 Å². The number of nitrogens with two attached hydrogens (primary N) is 1. The lowest BCUT2D eigenvalue weighted by molar-refractivity contribution is -0.384. The smallest absolute Gasteiger partial charge is 0.408 e. The molecule has 2 rings (SSSR count). The number of benzene rings is 2. The van der Waals surface area contributed by atoms with Gasteiger partial charge < -0.3 is 20.9 Å². The van der Waals surface area contributed by atoms with E-state index in [1.807, 2.05) is 30.3 Å². The predicted octanol–water partition coefficient (Wildman–Crippen LogP) is 3.74. The van der Waals surface area contributed by atoms with Crippen molar-refractivity contribution in [3.05, 3.63) is 75.3 Å². The third kappa shape index (κ3) is 10.4. The summed E-state index contributed by atoms with van der Waals surface area (Å²) < 4.78 is 4.98. The summed E-state index contributed by atoms with van der Waals surface area (Å²) in [6, 6.07) is 13.9. The number of carbonyl (C=O) groups excluding carboxylic acids is 1. The Morgan fingerprint density at radius 1 is 1.13 bits per heavy atom. The molecular formula is C20H24ClN3O6. The summed E-state index contributed by atoms with van der Waals surface area (Å²) in [5.41, 5.74) is 6.25. The number of hydrogen-bond acceptors (Lipinski definition) is 6. The maximum atomic E-state index is 11.5. The highest BCUT2D eigenvalue weighted by molar-refractivity contribution is 6.30. The lowest BCUT2D eigenvalue weighted by atomic mass is 10.1. The molecule has 0 saturated heterocycles. The van der Waals surface area contributed by atoms with Crippen molar-refractivity contribution in [2.24, 2.45) is 5.73 Å². The minimum absolute atomic E-state index is 0.0596. The molecule has 9 nitrogen and oxygen atoms in total. The molecule has 0 heterocycles. The number of carboxylic acids is 1. The van der Waals surface area contributed by atoms with Crippen LogP contribution in [-0.4, -0.2) is 34.7 Å². The Labute approximate surface area is 178 Å². The van der Waals surface area contributed by atoms with E-state index in [-0.39, 0.29) is 12.3 Å². The number of carbonyl (C=O) groups is 2. The Morgan fingerprint density at radius 3 is 2.30 bits per heavy atom. The number of carboxylic acid groups (broad SMARTS) is 1. The topological polar surface area (TPSA) is 145 Å². The second-order valence-corrected chi connectivity index (χ2v) is 6.55. The van der Waals surface area contributed by atoms with Crippen molar-refractivity contribution in [2.45, 2.75) is 31.9 Å². The van der Waals surface area contributed by atoms with Gasteiger partial charge in [0.15, 0.2) is 0 Å². The van der Waals surface area contributed by atoms with E-state index < -0.39 is 23.0 Å². The number of amides is 1. The van der Waals surface area contributed by atoms with Gasteiger partial charge in [-0.05, 0) is 43.5 Å². The molecule has 2 aromatic rings. The van der Waals surface area contributed by atoms with Gasteiger partial charge in [-0.1, -0.05) is 41.9 Å². The second-order valence-electron chi connectivity index (χ2n) is 6.11. The fraction of sp³-hybridized carbons (Fsp3) is 0.300. The molecule has 0 spiro atoms. The third-order valence-corrected chi connectivity index (χ3v) is 4.04. The van der Waals surface area contributed by atoms with Crippen molar-refractivity contribution < 1.29 is 24.4 Å². The lowest BCUT2D eigenvalue weighted by Gasteiger charge is -2.14. The standard InChI is InChI=1S/C14H20N2O4.C6H4ClNO2/c15-9-5-4-8-12(13(17)18)16-14(19)20-10-11-6-2-1-3-7-11;7-5-1-3-6(4-2-5)8(9)10/h1-3,6-7,12H,4-5,8-10,15H2,(H,16,19)(H,17,18);1-4H/t12-;/m0./s1. The van der Waals surface area contributed by atoms with Crippen LogP contribution in [0.25, 0.3) is 0 Å². The number of ether oxygens (including phenoxy) is 1. The average Bonchev–Trinajstić information content (AvgIpc) is 2.73. The van der Waals surface area contributed by atoms with E-state index in [0.29, 0.717) is 24.4 Å². The van der Waals surface area contributed by atoms with Gasteiger partial charge >= 0.3 is 12.1 Å². The summed E-state index contributed by atoms with van der Waals surface area (Å²) in [5, 5.41) is 21.9. The van der Waals surface area contributed by atoms with E-state index in [1.54, 1.807) is 0 Å². The molecule has 1 amide bonds. The van der Waals surface area contributed by atoms with Crippen molar-refractivity contribution in [1.29, 1.82) is 0 Å². The van der Waals surface area contributed by atoms with Crippen LogP contribution in [0.4, 0.5) is 10.5 Å². The van der Waals surface area contributed by atoms with Crippen molar-refractivity contribution in [3.8, 4) is 0 Å². The van der Waals surface area contributed by atoms with Gasteiger partial charge in [0.25, 0.3) is 5.69 Å². The van der Waals surface area contributed by atoms with E-state index in [9.17, 15) is 19.7 Å². The fourth-order valence-electron chi connectivity index (χ4n) is 2.22. The first-order chi connectivity index (χ1) is 14.3. The second kappa shape index (κ2) is 13.9. The third-order valence-electron chi connectivity index (χ3n) is 3.79. The molecule has 0 radical (unpaired) electrons. The summed E-state index contributed by atoms with van der Waals surface area (Å²) in [7, 11) is 0. The molecular weight excluding hydrogens is 414 g/mol. The largest absolute Gasteiger partial charge is 0.480 e. The van der Waals surface area contributed by atoms with Gasteiger partial charge in [-0.2, -0.15) is 0 Å². The van der Waals surface area contributed by atoms with Crippen LogP contribution in [0.5, 0.6) is 0 Å². The molecule has 0 aliphatic carbocycles. The average molecular weight is 438 g/mol. The number of nitro groups is 1. The molecule has 1 atom stereocenters. The highest BCUT2D eigenvalue weighted by Crippen LogP contribution is 2.14. The van der Waals surface area contributed by atoms with E-state index in [0.717, 1.165) is 12.0 Å². The summed E-state index contributed by atoms with van der Waals surface area (Å²) in [6.45, 7) is 0.618. The molecule has 0 bridgehead atoms. The number of halogens is 1. The molecule has 4 N–H and O–H groups in total. The van der Waals surface area contributed by atoms with Crippen LogP contribution >= 0.6 is 11.6 Å². The van der Waals surface area contributed by atoms with E-state index in [4.69, 9.17) is 27.2 Å². The highest BCUT2D eigenvalue weighted by atomic mass is 35.5. The zero-order valence-electron chi connectivity index (χ0n) is 16.2. The van der Waals surface area contributed by atoms with Crippen LogP contribution in [0.2, 0.25) is 5.02 Å². The number of hydrogen-bond donors (Lipinski definition) is 3. The number of alkyl carbamates (subject to hydrolysis) is 1. The highest BCUT2D eigenvalue weighted by Gasteiger charge is 2.19. The van der Waals surface area contributed by atoms with Gasteiger partial charge in [-0.25, -0.2) is 9.59 Å². The van der Waals surface area contributed by atoms with Crippen LogP contribution in [0, 0.1) is 10.1 Å². The Bertz CT molecular complexity index is 802. The van der Waals surface area contributed by atoms with Crippen LogP contribution < -0.4 is 11.1 Å². The number of nitrogens with zero attached hydrogens (tertiary/aromatic N) is 1. The molecule has 2 aromatic carbocycles. The SMILES string of the molecule is NCCCC[C@H](NC(=O)OCc1ccccc1)C(=O)O.O=[N+]([O-])c1ccc(Cl)cc1. The maximum absolute atomic E-state index is 11.5. The number of rotatable bonds is 9. The van der Waals surface area contributed by atoms with Gasteiger partial charge in [-0.3, -0.25) is 10.1 Å². The van der Waals surface area contributed by atoms with Crippen molar-refractivity contribution in [3.63, 3.8) is 0 Å².